The minimum atomic E-state index is 0.631. The molecule has 5 rings (SSSR count). The van der Waals surface area contributed by atoms with Crippen LogP contribution in [0.25, 0.3) is 0 Å². The third kappa shape index (κ3) is 1.84. The summed E-state index contributed by atoms with van der Waals surface area (Å²) in [7, 11) is 0. The molecule has 0 radical (unpaired) electrons. The molecule has 5 saturated carbocycles. The summed E-state index contributed by atoms with van der Waals surface area (Å²) in [5, 5.41) is 0. The van der Waals surface area contributed by atoms with E-state index in [2.05, 4.69) is 5.43 Å². The van der Waals surface area contributed by atoms with Gasteiger partial charge in [-0.25, -0.2) is 0 Å². The van der Waals surface area contributed by atoms with Gasteiger partial charge in [0, 0.05) is 6.04 Å². The molecule has 0 spiro atoms. The van der Waals surface area contributed by atoms with E-state index in [0.29, 0.717) is 11.5 Å². The van der Waals surface area contributed by atoms with E-state index in [4.69, 9.17) is 5.84 Å². The van der Waals surface area contributed by atoms with Crippen LogP contribution in [-0.2, 0) is 0 Å². The van der Waals surface area contributed by atoms with Crippen LogP contribution in [0.5, 0.6) is 0 Å². The fourth-order valence-electron chi connectivity index (χ4n) is 5.87. The highest BCUT2D eigenvalue weighted by Crippen LogP contribution is 2.62. The maximum atomic E-state index is 5.79. The van der Waals surface area contributed by atoms with Gasteiger partial charge in [-0.2, -0.15) is 0 Å². The van der Waals surface area contributed by atoms with Gasteiger partial charge in [-0.05, 0) is 86.9 Å². The molecule has 96 valence electrons. The van der Waals surface area contributed by atoms with Crippen LogP contribution in [0.2, 0.25) is 0 Å². The Kier molecular flexibility index (Phi) is 2.36. The first-order valence-corrected chi connectivity index (χ1v) is 7.72. The summed E-state index contributed by atoms with van der Waals surface area (Å²) in [4.78, 5) is 0. The number of hydrogen-bond acceptors (Lipinski definition) is 2. The Morgan fingerprint density at radius 2 is 1.53 bits per heavy atom. The van der Waals surface area contributed by atoms with Gasteiger partial charge in [0.05, 0.1) is 0 Å². The normalized spacial score (nSPS) is 49.6. The van der Waals surface area contributed by atoms with Crippen LogP contribution in [0.4, 0.5) is 0 Å². The van der Waals surface area contributed by atoms with Crippen LogP contribution in [0.1, 0.15) is 57.8 Å². The minimum absolute atomic E-state index is 0.631. The standard InChI is InChI=1S/C15H26N2/c16-17-14(13-1-2-13)9-15-6-10-3-11(7-15)5-12(4-10)8-15/h10-14,17H,1-9,16H2. The van der Waals surface area contributed by atoms with E-state index in [-0.39, 0.29) is 0 Å². The van der Waals surface area contributed by atoms with Gasteiger partial charge in [0.15, 0.2) is 0 Å². The molecule has 1 atom stereocenters. The summed E-state index contributed by atoms with van der Waals surface area (Å²) < 4.78 is 0. The number of nitrogens with two attached hydrogens (primary N) is 1. The van der Waals surface area contributed by atoms with E-state index < -0.39 is 0 Å². The third-order valence-corrected chi connectivity index (χ3v) is 6.22. The summed E-state index contributed by atoms with van der Waals surface area (Å²) in [6.07, 6.45) is 13.5. The highest BCUT2D eigenvalue weighted by Gasteiger charge is 2.52. The molecule has 0 aromatic rings. The van der Waals surface area contributed by atoms with Crippen molar-refractivity contribution < 1.29 is 0 Å². The number of rotatable bonds is 4. The highest BCUT2D eigenvalue weighted by atomic mass is 15.2. The lowest BCUT2D eigenvalue weighted by molar-refractivity contribution is -0.0631. The summed E-state index contributed by atoms with van der Waals surface area (Å²) in [6.45, 7) is 0. The second-order valence-electron chi connectivity index (χ2n) is 7.73. The largest absolute Gasteiger partial charge is 0.271 e. The molecule has 0 saturated heterocycles. The average molecular weight is 234 g/mol. The van der Waals surface area contributed by atoms with Gasteiger partial charge in [0.2, 0.25) is 0 Å². The van der Waals surface area contributed by atoms with Gasteiger partial charge in [-0.15, -0.1) is 0 Å². The Hall–Kier alpha value is -0.0800. The zero-order valence-electron chi connectivity index (χ0n) is 10.8. The minimum Gasteiger partial charge on any atom is -0.271 e. The second kappa shape index (κ2) is 3.71. The summed E-state index contributed by atoms with van der Waals surface area (Å²) in [6, 6.07) is 0.631. The van der Waals surface area contributed by atoms with Gasteiger partial charge in [0.25, 0.3) is 0 Å². The van der Waals surface area contributed by atoms with Crippen LogP contribution < -0.4 is 11.3 Å². The third-order valence-electron chi connectivity index (χ3n) is 6.22. The SMILES string of the molecule is NNC(CC12CC3CC(CC(C3)C1)C2)C1CC1. The Labute approximate surface area is 105 Å². The van der Waals surface area contributed by atoms with Gasteiger partial charge < -0.3 is 0 Å². The molecule has 2 heteroatoms. The molecule has 2 nitrogen and oxygen atoms in total. The van der Waals surface area contributed by atoms with Crippen molar-refractivity contribution in [1.82, 2.24) is 5.43 Å². The molecule has 0 aromatic heterocycles. The molecular weight excluding hydrogens is 208 g/mol. The molecule has 5 fully saturated rings. The van der Waals surface area contributed by atoms with Crippen LogP contribution in [0.15, 0.2) is 0 Å². The maximum Gasteiger partial charge on any atom is 0.0244 e. The molecule has 0 aliphatic heterocycles. The number of hydrogen-bond donors (Lipinski definition) is 2. The van der Waals surface area contributed by atoms with Crippen LogP contribution in [0, 0.1) is 29.1 Å². The van der Waals surface area contributed by atoms with Gasteiger partial charge in [-0.1, -0.05) is 0 Å². The average Bonchev–Trinajstić information content (AvgIpc) is 3.07. The van der Waals surface area contributed by atoms with Crippen LogP contribution >= 0.6 is 0 Å². The first-order valence-electron chi connectivity index (χ1n) is 7.72. The molecule has 1 unspecified atom stereocenters. The number of nitrogens with one attached hydrogen (secondary N) is 1. The van der Waals surface area contributed by atoms with Crippen molar-refractivity contribution in [1.29, 1.82) is 0 Å². The van der Waals surface area contributed by atoms with Crippen molar-refractivity contribution in [2.75, 3.05) is 0 Å². The van der Waals surface area contributed by atoms with E-state index >= 15 is 0 Å². The van der Waals surface area contributed by atoms with Gasteiger partial charge >= 0.3 is 0 Å². The summed E-state index contributed by atoms with van der Waals surface area (Å²) in [5.74, 6) is 9.95. The van der Waals surface area contributed by atoms with Crippen molar-refractivity contribution in [2.24, 2.45) is 34.9 Å². The van der Waals surface area contributed by atoms with Crippen molar-refractivity contribution >= 4 is 0 Å². The smallest absolute Gasteiger partial charge is 0.0244 e. The van der Waals surface area contributed by atoms with Crippen molar-refractivity contribution in [3.63, 3.8) is 0 Å². The first kappa shape index (κ1) is 10.8. The monoisotopic (exact) mass is 234 g/mol. The van der Waals surface area contributed by atoms with Crippen molar-refractivity contribution in [2.45, 2.75) is 63.8 Å². The van der Waals surface area contributed by atoms with E-state index in [1.165, 1.54) is 38.5 Å². The lowest BCUT2D eigenvalue weighted by atomic mass is 9.48. The van der Waals surface area contributed by atoms with E-state index in [1.54, 1.807) is 19.3 Å². The Bertz CT molecular complexity index is 273. The fourth-order valence-corrected chi connectivity index (χ4v) is 5.87. The fraction of sp³-hybridized carbons (Fsp3) is 1.00. The quantitative estimate of drug-likeness (QED) is 0.580. The Morgan fingerprint density at radius 3 is 1.94 bits per heavy atom. The van der Waals surface area contributed by atoms with Gasteiger partial charge in [-0.3, -0.25) is 11.3 Å². The lowest BCUT2D eigenvalue weighted by Gasteiger charge is -2.57. The molecular formula is C15H26N2. The van der Waals surface area contributed by atoms with E-state index in [9.17, 15) is 0 Å². The van der Waals surface area contributed by atoms with E-state index in [0.717, 1.165) is 23.7 Å². The number of hydrazine groups is 1. The molecule has 17 heavy (non-hydrogen) atoms. The zero-order chi connectivity index (χ0) is 11.5. The zero-order valence-corrected chi connectivity index (χ0v) is 10.8. The molecule has 0 heterocycles. The van der Waals surface area contributed by atoms with Crippen molar-refractivity contribution in [3.8, 4) is 0 Å². The lowest BCUT2D eigenvalue weighted by Crippen LogP contribution is -2.50. The molecule has 0 amide bonds. The van der Waals surface area contributed by atoms with Crippen LogP contribution in [-0.4, -0.2) is 6.04 Å². The predicted molar refractivity (Wildman–Crippen MR) is 69.1 cm³/mol. The topological polar surface area (TPSA) is 38.0 Å². The Morgan fingerprint density at radius 1 is 1.00 bits per heavy atom. The molecule has 4 bridgehead atoms. The Balaban J connectivity index is 1.51. The summed E-state index contributed by atoms with van der Waals surface area (Å²) >= 11 is 0. The summed E-state index contributed by atoms with van der Waals surface area (Å²) in [5.41, 5.74) is 3.84. The molecule has 5 aliphatic rings. The molecule has 3 N–H and O–H groups in total. The molecule has 5 aliphatic carbocycles. The highest BCUT2D eigenvalue weighted by molar-refractivity contribution is 5.03. The first-order chi connectivity index (χ1) is 8.26. The maximum absolute atomic E-state index is 5.79. The van der Waals surface area contributed by atoms with Crippen LogP contribution in [0.3, 0.4) is 0 Å². The molecule has 0 aromatic carbocycles. The van der Waals surface area contributed by atoms with Gasteiger partial charge in [0.1, 0.15) is 0 Å². The van der Waals surface area contributed by atoms with Crippen molar-refractivity contribution in [3.05, 3.63) is 0 Å². The predicted octanol–water partition coefficient (Wildman–Crippen LogP) is 2.83. The van der Waals surface area contributed by atoms with E-state index in [1.807, 2.05) is 0 Å². The second-order valence-corrected chi connectivity index (χ2v) is 7.73.